The third kappa shape index (κ3) is 5.40. The Bertz CT molecular complexity index is 498. The van der Waals surface area contributed by atoms with Gasteiger partial charge < -0.3 is 0 Å². The summed E-state index contributed by atoms with van der Waals surface area (Å²) in [5, 5.41) is 2.31. The number of fused-ring (bicyclic) bond motifs is 1. The summed E-state index contributed by atoms with van der Waals surface area (Å²) in [5.74, 6) is 0. The molecule has 0 fully saturated rings. The lowest BCUT2D eigenvalue weighted by molar-refractivity contribution is 1.32. The van der Waals surface area contributed by atoms with E-state index in [2.05, 4.69) is 24.2 Å². The maximum absolute atomic E-state index is 4.31. The first-order valence-corrected chi connectivity index (χ1v) is 7.49. The van der Waals surface area contributed by atoms with Crippen LogP contribution in [0.3, 0.4) is 0 Å². The molecule has 0 radical (unpaired) electrons. The molecule has 2 rings (SSSR count). The molecule has 0 unspecified atom stereocenters. The van der Waals surface area contributed by atoms with Crippen LogP contribution in [0.25, 0.3) is 22.9 Å². The lowest BCUT2D eigenvalue weighted by Crippen LogP contribution is -1.87. The molecular formula is C19H29N. The minimum atomic E-state index is 0.888. The molecular weight excluding hydrogens is 242 g/mol. The van der Waals surface area contributed by atoms with Crippen molar-refractivity contribution in [2.75, 3.05) is 0 Å². The van der Waals surface area contributed by atoms with Crippen LogP contribution in [-0.4, -0.2) is 4.98 Å². The van der Waals surface area contributed by atoms with Crippen LogP contribution < -0.4 is 0 Å². The van der Waals surface area contributed by atoms with Crippen molar-refractivity contribution < 1.29 is 0 Å². The highest BCUT2D eigenvalue weighted by Crippen LogP contribution is 2.21. The molecule has 1 heterocycles. The molecule has 2 aromatic rings. The van der Waals surface area contributed by atoms with Crippen molar-refractivity contribution in [3.63, 3.8) is 0 Å². The van der Waals surface area contributed by atoms with Gasteiger partial charge in [0, 0.05) is 17.1 Å². The van der Waals surface area contributed by atoms with Gasteiger partial charge in [0.05, 0.1) is 5.69 Å². The highest BCUT2D eigenvalue weighted by molar-refractivity contribution is 5.92. The monoisotopic (exact) mass is 271 g/mol. The summed E-state index contributed by atoms with van der Waals surface area (Å²) in [7, 11) is 0. The molecule has 1 heteroatoms. The standard InChI is InChI=1S/C13H11N.3C2H6/c1-3-11-12-8-6-5-7-10(12)9-14-13(11)4-2;3*1-2/h3-9H,1-2H2;3*1-2H3. The zero-order chi connectivity index (χ0) is 16.0. The average molecular weight is 271 g/mol. The van der Waals surface area contributed by atoms with Gasteiger partial charge >= 0.3 is 0 Å². The zero-order valence-corrected chi connectivity index (χ0v) is 13.9. The number of pyridine rings is 1. The Morgan fingerprint density at radius 2 is 1.40 bits per heavy atom. The second kappa shape index (κ2) is 13.5. The predicted molar refractivity (Wildman–Crippen MR) is 96.0 cm³/mol. The van der Waals surface area contributed by atoms with Crippen molar-refractivity contribution in [2.24, 2.45) is 0 Å². The largest absolute Gasteiger partial charge is 0.256 e. The Kier molecular flexibility index (Phi) is 13.8. The van der Waals surface area contributed by atoms with Gasteiger partial charge in [0.2, 0.25) is 0 Å². The van der Waals surface area contributed by atoms with Crippen molar-refractivity contribution in [3.8, 4) is 0 Å². The van der Waals surface area contributed by atoms with E-state index in [0.717, 1.165) is 16.6 Å². The summed E-state index contributed by atoms with van der Waals surface area (Å²) >= 11 is 0. The number of rotatable bonds is 2. The van der Waals surface area contributed by atoms with Crippen LogP contribution in [0.5, 0.6) is 0 Å². The molecule has 0 amide bonds. The Morgan fingerprint density at radius 1 is 0.850 bits per heavy atom. The van der Waals surface area contributed by atoms with Gasteiger partial charge in [0.25, 0.3) is 0 Å². The first-order valence-electron chi connectivity index (χ1n) is 7.49. The topological polar surface area (TPSA) is 12.9 Å². The number of hydrogen-bond acceptors (Lipinski definition) is 1. The van der Waals surface area contributed by atoms with Crippen molar-refractivity contribution in [1.82, 2.24) is 4.98 Å². The van der Waals surface area contributed by atoms with Crippen LogP contribution in [0.1, 0.15) is 52.8 Å². The van der Waals surface area contributed by atoms with Crippen molar-refractivity contribution in [2.45, 2.75) is 41.5 Å². The molecule has 0 bridgehead atoms. The van der Waals surface area contributed by atoms with Gasteiger partial charge in [0.1, 0.15) is 0 Å². The second-order valence-corrected chi connectivity index (χ2v) is 3.05. The van der Waals surface area contributed by atoms with E-state index in [-0.39, 0.29) is 0 Å². The van der Waals surface area contributed by atoms with Gasteiger partial charge in [-0.2, -0.15) is 0 Å². The Hall–Kier alpha value is -1.89. The fourth-order valence-electron chi connectivity index (χ4n) is 1.58. The summed E-state index contributed by atoms with van der Waals surface area (Å²) in [4.78, 5) is 4.31. The van der Waals surface area contributed by atoms with Gasteiger partial charge in [-0.3, -0.25) is 4.98 Å². The van der Waals surface area contributed by atoms with E-state index >= 15 is 0 Å². The maximum atomic E-state index is 4.31. The summed E-state index contributed by atoms with van der Waals surface area (Å²) < 4.78 is 0. The summed E-state index contributed by atoms with van der Waals surface area (Å²) in [5.41, 5.74) is 1.94. The van der Waals surface area contributed by atoms with E-state index in [1.165, 1.54) is 5.39 Å². The quantitative estimate of drug-likeness (QED) is 0.599. The normalized spacial score (nSPS) is 7.90. The van der Waals surface area contributed by atoms with E-state index in [1.807, 2.05) is 72.0 Å². The molecule has 0 atom stereocenters. The zero-order valence-electron chi connectivity index (χ0n) is 13.9. The molecule has 1 aromatic heterocycles. The van der Waals surface area contributed by atoms with Crippen LogP contribution in [0, 0.1) is 0 Å². The molecule has 20 heavy (non-hydrogen) atoms. The average Bonchev–Trinajstić information content (AvgIpc) is 2.59. The number of benzene rings is 1. The molecule has 0 saturated carbocycles. The first-order chi connectivity index (χ1) is 9.86. The molecule has 1 nitrogen and oxygen atoms in total. The van der Waals surface area contributed by atoms with Gasteiger partial charge in [-0.15, -0.1) is 0 Å². The lowest BCUT2D eigenvalue weighted by atomic mass is 10.0. The maximum Gasteiger partial charge on any atom is 0.0702 e. The molecule has 0 saturated heterocycles. The molecule has 0 aliphatic carbocycles. The number of nitrogens with zero attached hydrogens (tertiary/aromatic N) is 1. The number of aromatic nitrogens is 1. The summed E-state index contributed by atoms with van der Waals surface area (Å²) in [6, 6.07) is 8.13. The van der Waals surface area contributed by atoms with Crippen LogP contribution in [0.15, 0.2) is 43.6 Å². The Morgan fingerprint density at radius 3 is 1.90 bits per heavy atom. The van der Waals surface area contributed by atoms with E-state index in [0.29, 0.717) is 0 Å². The minimum absolute atomic E-state index is 0.888. The fourth-order valence-corrected chi connectivity index (χ4v) is 1.58. The molecule has 0 aliphatic rings. The van der Waals surface area contributed by atoms with Crippen LogP contribution >= 0.6 is 0 Å². The third-order valence-corrected chi connectivity index (χ3v) is 2.27. The predicted octanol–water partition coefficient (Wildman–Crippen LogP) is 6.60. The van der Waals surface area contributed by atoms with Gasteiger partial charge in [-0.25, -0.2) is 0 Å². The van der Waals surface area contributed by atoms with E-state index in [1.54, 1.807) is 6.08 Å². The van der Waals surface area contributed by atoms with Crippen LogP contribution in [0.4, 0.5) is 0 Å². The molecule has 1 aromatic carbocycles. The second-order valence-electron chi connectivity index (χ2n) is 3.05. The third-order valence-electron chi connectivity index (χ3n) is 2.27. The molecule has 0 spiro atoms. The summed E-state index contributed by atoms with van der Waals surface area (Å²) in [6.07, 6.45) is 5.44. The molecule has 0 aliphatic heterocycles. The van der Waals surface area contributed by atoms with E-state index in [9.17, 15) is 0 Å². The smallest absolute Gasteiger partial charge is 0.0702 e. The van der Waals surface area contributed by atoms with Crippen LogP contribution in [0.2, 0.25) is 0 Å². The highest BCUT2D eigenvalue weighted by atomic mass is 14.7. The number of hydrogen-bond donors (Lipinski definition) is 0. The minimum Gasteiger partial charge on any atom is -0.256 e. The van der Waals surface area contributed by atoms with Crippen molar-refractivity contribution >= 4 is 22.9 Å². The Balaban J connectivity index is 0. The summed E-state index contributed by atoms with van der Waals surface area (Å²) in [6.45, 7) is 19.5. The van der Waals surface area contributed by atoms with E-state index in [4.69, 9.17) is 0 Å². The Labute approximate surface area is 125 Å². The van der Waals surface area contributed by atoms with Gasteiger partial charge in [0.15, 0.2) is 0 Å². The van der Waals surface area contributed by atoms with E-state index < -0.39 is 0 Å². The van der Waals surface area contributed by atoms with Gasteiger partial charge in [-0.1, -0.05) is 85.0 Å². The first kappa shape index (κ1) is 20.4. The highest BCUT2D eigenvalue weighted by Gasteiger charge is 2.02. The van der Waals surface area contributed by atoms with Gasteiger partial charge in [-0.05, 0) is 11.5 Å². The molecule has 110 valence electrons. The molecule has 0 N–H and O–H groups in total. The van der Waals surface area contributed by atoms with Crippen molar-refractivity contribution in [3.05, 3.63) is 54.9 Å². The SMILES string of the molecule is C=Cc1ncc2ccccc2c1C=C.CC.CC.CC. The lowest BCUT2D eigenvalue weighted by Gasteiger charge is -2.04. The van der Waals surface area contributed by atoms with Crippen molar-refractivity contribution in [1.29, 1.82) is 0 Å². The van der Waals surface area contributed by atoms with Crippen LogP contribution in [-0.2, 0) is 0 Å². The fraction of sp³-hybridized carbons (Fsp3) is 0.316.